The van der Waals surface area contributed by atoms with Crippen LogP contribution in [0.15, 0.2) is 24.3 Å². The minimum atomic E-state index is 0. The number of amides is 1. The standard InChI is InChI=1S/C20H31N3O.2ClH/c24-20(15-21-13-17-8-9-17)22-14-18-6-5-7-19(12-18)16-23-10-3-1-2-4-11-23;;/h5-7,12,17,21H,1-4,8-11,13-16H2,(H,22,24);2*1H. The maximum Gasteiger partial charge on any atom is 0.234 e. The minimum Gasteiger partial charge on any atom is -0.351 e. The fourth-order valence-corrected chi connectivity index (χ4v) is 3.37. The molecule has 1 saturated heterocycles. The van der Waals surface area contributed by atoms with Crippen LogP contribution >= 0.6 is 24.8 Å². The van der Waals surface area contributed by atoms with Gasteiger partial charge in [-0.2, -0.15) is 0 Å². The molecule has 2 fully saturated rings. The molecule has 26 heavy (non-hydrogen) atoms. The number of benzene rings is 1. The molecular weight excluding hydrogens is 369 g/mol. The van der Waals surface area contributed by atoms with Crippen LogP contribution in [0.3, 0.4) is 0 Å². The van der Waals surface area contributed by atoms with Gasteiger partial charge in [-0.25, -0.2) is 0 Å². The number of carbonyl (C=O) groups is 1. The summed E-state index contributed by atoms with van der Waals surface area (Å²) in [7, 11) is 0. The number of rotatable bonds is 8. The first-order valence-electron chi connectivity index (χ1n) is 9.57. The fourth-order valence-electron chi connectivity index (χ4n) is 3.37. The second kappa shape index (κ2) is 12.6. The number of nitrogens with zero attached hydrogens (tertiary/aromatic N) is 1. The molecule has 4 nitrogen and oxygen atoms in total. The molecule has 1 aliphatic heterocycles. The smallest absolute Gasteiger partial charge is 0.234 e. The van der Waals surface area contributed by atoms with Crippen LogP contribution in [0.2, 0.25) is 0 Å². The van der Waals surface area contributed by atoms with Gasteiger partial charge >= 0.3 is 0 Å². The zero-order valence-corrected chi connectivity index (χ0v) is 17.2. The normalized spacial score (nSPS) is 17.5. The lowest BCUT2D eigenvalue weighted by Crippen LogP contribution is -2.34. The predicted octanol–water partition coefficient (Wildman–Crippen LogP) is 3.52. The van der Waals surface area contributed by atoms with E-state index >= 15 is 0 Å². The Morgan fingerprint density at radius 3 is 2.42 bits per heavy atom. The largest absolute Gasteiger partial charge is 0.351 e. The highest BCUT2D eigenvalue weighted by molar-refractivity contribution is 5.85. The van der Waals surface area contributed by atoms with E-state index in [-0.39, 0.29) is 30.7 Å². The van der Waals surface area contributed by atoms with Gasteiger partial charge in [0.05, 0.1) is 6.54 Å². The lowest BCUT2D eigenvalue weighted by Gasteiger charge is -2.20. The molecule has 148 valence electrons. The van der Waals surface area contributed by atoms with Crippen molar-refractivity contribution in [1.82, 2.24) is 15.5 Å². The van der Waals surface area contributed by atoms with Crippen LogP contribution in [0, 0.1) is 5.92 Å². The van der Waals surface area contributed by atoms with Crippen LogP contribution in [0.1, 0.15) is 49.7 Å². The lowest BCUT2D eigenvalue weighted by atomic mass is 10.1. The van der Waals surface area contributed by atoms with Gasteiger partial charge in [-0.3, -0.25) is 9.69 Å². The van der Waals surface area contributed by atoms with E-state index in [2.05, 4.69) is 39.8 Å². The number of likely N-dealkylation sites (tertiary alicyclic amines) is 1. The molecule has 0 spiro atoms. The molecule has 6 heteroatoms. The quantitative estimate of drug-likeness (QED) is 0.699. The molecule has 1 aromatic rings. The summed E-state index contributed by atoms with van der Waals surface area (Å²) in [6.07, 6.45) is 8.03. The summed E-state index contributed by atoms with van der Waals surface area (Å²) in [4.78, 5) is 14.4. The second-order valence-corrected chi connectivity index (χ2v) is 7.36. The van der Waals surface area contributed by atoms with Gasteiger partial charge < -0.3 is 10.6 Å². The zero-order chi connectivity index (χ0) is 16.6. The summed E-state index contributed by atoms with van der Waals surface area (Å²) in [6.45, 7) is 5.51. The summed E-state index contributed by atoms with van der Waals surface area (Å²) in [5.74, 6) is 0.905. The number of hydrogen-bond donors (Lipinski definition) is 2. The molecule has 1 saturated carbocycles. The monoisotopic (exact) mass is 401 g/mol. The van der Waals surface area contributed by atoms with Crippen LogP contribution in [0.4, 0.5) is 0 Å². The lowest BCUT2D eigenvalue weighted by molar-refractivity contribution is -0.120. The van der Waals surface area contributed by atoms with Crippen molar-refractivity contribution in [3.05, 3.63) is 35.4 Å². The number of halogens is 2. The molecule has 0 unspecified atom stereocenters. The van der Waals surface area contributed by atoms with E-state index in [1.165, 1.54) is 62.7 Å². The van der Waals surface area contributed by atoms with Gasteiger partial charge in [0.25, 0.3) is 0 Å². The first-order valence-corrected chi connectivity index (χ1v) is 9.57. The van der Waals surface area contributed by atoms with Gasteiger partial charge in [0.1, 0.15) is 0 Å². The third-order valence-electron chi connectivity index (χ3n) is 5.00. The molecule has 2 aliphatic rings. The van der Waals surface area contributed by atoms with Gasteiger partial charge in [-0.1, -0.05) is 37.1 Å². The first-order chi connectivity index (χ1) is 11.8. The number of carbonyl (C=O) groups excluding carboxylic acids is 1. The summed E-state index contributed by atoms with van der Waals surface area (Å²) >= 11 is 0. The van der Waals surface area contributed by atoms with E-state index in [1.807, 2.05) is 0 Å². The molecule has 1 aliphatic carbocycles. The van der Waals surface area contributed by atoms with Crippen molar-refractivity contribution < 1.29 is 4.79 Å². The van der Waals surface area contributed by atoms with Crippen molar-refractivity contribution in [3.63, 3.8) is 0 Å². The Morgan fingerprint density at radius 2 is 1.73 bits per heavy atom. The Labute approximate surface area is 170 Å². The van der Waals surface area contributed by atoms with Crippen molar-refractivity contribution in [3.8, 4) is 0 Å². The molecular formula is C20H33Cl2N3O. The van der Waals surface area contributed by atoms with Crippen LogP contribution in [-0.4, -0.2) is 37.0 Å². The Balaban J connectivity index is 0.00000169. The maximum absolute atomic E-state index is 11.9. The molecule has 0 atom stereocenters. The molecule has 1 heterocycles. The molecule has 0 bridgehead atoms. The van der Waals surface area contributed by atoms with Crippen molar-refractivity contribution in [2.24, 2.45) is 5.92 Å². The van der Waals surface area contributed by atoms with E-state index in [4.69, 9.17) is 0 Å². The SMILES string of the molecule is Cl.Cl.O=C(CNCC1CC1)NCc1cccc(CN2CCCCCC2)c1. The fraction of sp³-hybridized carbons (Fsp3) is 0.650. The predicted molar refractivity (Wildman–Crippen MR) is 112 cm³/mol. The van der Waals surface area contributed by atoms with Crippen LogP contribution in [0.25, 0.3) is 0 Å². The number of hydrogen-bond acceptors (Lipinski definition) is 3. The van der Waals surface area contributed by atoms with Crippen molar-refractivity contribution in [1.29, 1.82) is 0 Å². The van der Waals surface area contributed by atoms with E-state index in [0.29, 0.717) is 13.1 Å². The topological polar surface area (TPSA) is 44.4 Å². The van der Waals surface area contributed by atoms with Gasteiger partial charge in [-0.15, -0.1) is 24.8 Å². The van der Waals surface area contributed by atoms with Gasteiger partial charge in [0, 0.05) is 13.1 Å². The summed E-state index contributed by atoms with van der Waals surface area (Å²) in [6, 6.07) is 8.65. The molecule has 0 radical (unpaired) electrons. The number of nitrogens with one attached hydrogen (secondary N) is 2. The minimum absolute atomic E-state index is 0. The third-order valence-corrected chi connectivity index (χ3v) is 5.00. The van der Waals surface area contributed by atoms with Gasteiger partial charge in [0.15, 0.2) is 0 Å². The highest BCUT2D eigenvalue weighted by Gasteiger charge is 2.20. The molecule has 1 aromatic carbocycles. The first kappa shape index (κ1) is 23.2. The molecule has 3 rings (SSSR count). The molecule has 1 amide bonds. The Hall–Kier alpha value is -0.810. The van der Waals surface area contributed by atoms with E-state index in [9.17, 15) is 4.79 Å². The third kappa shape index (κ3) is 8.72. The van der Waals surface area contributed by atoms with E-state index in [1.54, 1.807) is 0 Å². The maximum atomic E-state index is 11.9. The van der Waals surface area contributed by atoms with Crippen molar-refractivity contribution >= 4 is 30.7 Å². The summed E-state index contributed by atoms with van der Waals surface area (Å²) in [5, 5.41) is 6.26. The molecule has 2 N–H and O–H groups in total. The Kier molecular flexibility index (Phi) is 11.2. The second-order valence-electron chi connectivity index (χ2n) is 7.36. The van der Waals surface area contributed by atoms with Gasteiger partial charge in [-0.05, 0) is 62.4 Å². The summed E-state index contributed by atoms with van der Waals surface area (Å²) in [5.41, 5.74) is 2.55. The van der Waals surface area contributed by atoms with Crippen LogP contribution < -0.4 is 10.6 Å². The summed E-state index contributed by atoms with van der Waals surface area (Å²) < 4.78 is 0. The van der Waals surface area contributed by atoms with Gasteiger partial charge in [0.2, 0.25) is 5.91 Å². The molecule has 0 aromatic heterocycles. The Bertz CT molecular complexity index is 530. The van der Waals surface area contributed by atoms with Crippen molar-refractivity contribution in [2.75, 3.05) is 26.2 Å². The highest BCUT2D eigenvalue weighted by atomic mass is 35.5. The van der Waals surface area contributed by atoms with E-state index in [0.717, 1.165) is 19.0 Å². The zero-order valence-electron chi connectivity index (χ0n) is 15.5. The average Bonchev–Trinajstić information content (AvgIpc) is 3.41. The van der Waals surface area contributed by atoms with Crippen molar-refractivity contribution in [2.45, 2.75) is 51.6 Å². The van der Waals surface area contributed by atoms with E-state index < -0.39 is 0 Å². The average molecular weight is 402 g/mol. The highest BCUT2D eigenvalue weighted by Crippen LogP contribution is 2.27. The van der Waals surface area contributed by atoms with Crippen LogP contribution in [-0.2, 0) is 17.9 Å². The Morgan fingerprint density at radius 1 is 1.04 bits per heavy atom. The van der Waals surface area contributed by atoms with Crippen LogP contribution in [0.5, 0.6) is 0 Å².